The van der Waals surface area contributed by atoms with Gasteiger partial charge in [0.1, 0.15) is 5.82 Å². The first-order valence-corrected chi connectivity index (χ1v) is 9.53. The molecule has 3 aromatic rings. The molecular formula is C19H20N6O2S. The predicted molar refractivity (Wildman–Crippen MR) is 111 cm³/mol. The van der Waals surface area contributed by atoms with Crippen LogP contribution in [0.15, 0.2) is 48.0 Å². The van der Waals surface area contributed by atoms with Crippen LogP contribution in [-0.4, -0.2) is 28.5 Å². The third kappa shape index (κ3) is 5.04. The lowest BCUT2D eigenvalue weighted by Gasteiger charge is -2.13. The first kappa shape index (κ1) is 19.3. The first-order valence-electron chi connectivity index (χ1n) is 8.65. The largest absolute Gasteiger partial charge is 0.355 e. The zero-order chi connectivity index (χ0) is 19.9. The molecule has 0 fully saturated rings. The normalized spacial score (nSPS) is 10.2. The van der Waals surface area contributed by atoms with Crippen LogP contribution in [0, 0.1) is 6.92 Å². The van der Waals surface area contributed by atoms with Crippen LogP contribution in [0.25, 0.3) is 0 Å². The quantitative estimate of drug-likeness (QED) is 0.504. The molecule has 2 aromatic heterocycles. The van der Waals surface area contributed by atoms with Crippen molar-refractivity contribution in [1.82, 2.24) is 15.3 Å². The molecule has 0 spiro atoms. The van der Waals surface area contributed by atoms with Gasteiger partial charge in [-0.25, -0.2) is 14.8 Å². The van der Waals surface area contributed by atoms with E-state index in [2.05, 4.69) is 31.2 Å². The highest BCUT2D eigenvalue weighted by Crippen LogP contribution is 2.25. The molecule has 144 valence electrons. The molecule has 0 unspecified atom stereocenters. The van der Waals surface area contributed by atoms with Crippen molar-refractivity contribution in [1.29, 1.82) is 0 Å². The second-order valence-electron chi connectivity index (χ2n) is 5.84. The summed E-state index contributed by atoms with van der Waals surface area (Å²) in [5.74, 6) is -0.0177. The molecule has 3 rings (SSSR count). The smallest absolute Gasteiger partial charge is 0.320 e. The Hall–Kier alpha value is -3.46. The van der Waals surface area contributed by atoms with Crippen LogP contribution < -0.4 is 21.3 Å². The Balaban J connectivity index is 1.88. The molecule has 0 radical (unpaired) electrons. The number of carbonyl (C=O) groups excluding carboxylic acids is 2. The molecule has 1 aromatic carbocycles. The highest BCUT2D eigenvalue weighted by molar-refractivity contribution is 7.13. The van der Waals surface area contributed by atoms with Crippen molar-refractivity contribution in [2.75, 3.05) is 22.5 Å². The molecule has 0 aliphatic carbocycles. The third-order valence-electron chi connectivity index (χ3n) is 3.62. The lowest BCUT2D eigenvalue weighted by Crippen LogP contribution is -2.28. The summed E-state index contributed by atoms with van der Waals surface area (Å²) in [6.45, 7) is 4.18. The van der Waals surface area contributed by atoms with Gasteiger partial charge in [0.25, 0.3) is 5.91 Å². The summed E-state index contributed by atoms with van der Waals surface area (Å²) < 4.78 is 0. The molecular weight excluding hydrogens is 376 g/mol. The van der Waals surface area contributed by atoms with Crippen LogP contribution in [-0.2, 0) is 0 Å². The number of amides is 3. The fourth-order valence-electron chi connectivity index (χ4n) is 2.38. The van der Waals surface area contributed by atoms with E-state index in [1.165, 1.54) is 17.5 Å². The zero-order valence-electron chi connectivity index (χ0n) is 15.4. The number of rotatable bonds is 6. The summed E-state index contributed by atoms with van der Waals surface area (Å²) in [5, 5.41) is 13.6. The van der Waals surface area contributed by atoms with Gasteiger partial charge in [-0.05, 0) is 26.0 Å². The summed E-state index contributed by atoms with van der Waals surface area (Å²) >= 11 is 1.35. The Morgan fingerprint density at radius 2 is 1.93 bits per heavy atom. The maximum absolute atomic E-state index is 12.7. The number of pyridine rings is 1. The summed E-state index contributed by atoms with van der Waals surface area (Å²) in [7, 11) is 0. The van der Waals surface area contributed by atoms with Gasteiger partial charge in [-0.1, -0.05) is 18.2 Å². The second-order valence-corrected chi connectivity index (χ2v) is 6.70. The number of thiazole rings is 1. The Bertz CT molecular complexity index is 974. The van der Waals surface area contributed by atoms with Crippen molar-refractivity contribution in [2.45, 2.75) is 13.8 Å². The average molecular weight is 396 g/mol. The van der Waals surface area contributed by atoms with Crippen LogP contribution in [0.4, 0.5) is 27.1 Å². The molecule has 3 amide bonds. The Kier molecular flexibility index (Phi) is 6.18. The summed E-state index contributed by atoms with van der Waals surface area (Å²) in [4.78, 5) is 33.0. The van der Waals surface area contributed by atoms with Crippen LogP contribution in [0.1, 0.15) is 23.0 Å². The van der Waals surface area contributed by atoms with E-state index in [-0.39, 0.29) is 11.9 Å². The lowest BCUT2D eigenvalue weighted by atomic mass is 10.2. The number of nitrogens with one attached hydrogen (secondary N) is 4. The number of aryl methyl sites for hydroxylation is 1. The van der Waals surface area contributed by atoms with Crippen molar-refractivity contribution >= 4 is 45.6 Å². The number of benzene rings is 1. The van der Waals surface area contributed by atoms with Gasteiger partial charge in [-0.15, -0.1) is 11.3 Å². The number of anilines is 4. The van der Waals surface area contributed by atoms with Crippen LogP contribution in [0.2, 0.25) is 0 Å². The summed E-state index contributed by atoms with van der Waals surface area (Å²) in [6, 6.07) is 10.7. The van der Waals surface area contributed by atoms with E-state index in [1.807, 2.05) is 49.6 Å². The lowest BCUT2D eigenvalue weighted by molar-refractivity contribution is 0.102. The molecule has 0 aliphatic rings. The zero-order valence-corrected chi connectivity index (χ0v) is 16.3. The van der Waals surface area contributed by atoms with E-state index >= 15 is 0 Å². The van der Waals surface area contributed by atoms with Gasteiger partial charge < -0.3 is 10.6 Å². The number of aromatic nitrogens is 2. The van der Waals surface area contributed by atoms with E-state index in [0.29, 0.717) is 28.7 Å². The van der Waals surface area contributed by atoms with E-state index in [1.54, 1.807) is 6.07 Å². The maximum Gasteiger partial charge on any atom is 0.320 e. The Labute approximate surface area is 166 Å². The number of carbonyl (C=O) groups is 2. The molecule has 4 N–H and O–H groups in total. The molecule has 0 saturated heterocycles. The fourth-order valence-corrected chi connectivity index (χ4v) is 3.07. The van der Waals surface area contributed by atoms with Gasteiger partial charge in [0, 0.05) is 29.9 Å². The molecule has 0 bridgehead atoms. The van der Waals surface area contributed by atoms with Gasteiger partial charge in [-0.2, -0.15) is 0 Å². The molecule has 2 heterocycles. The molecule has 28 heavy (non-hydrogen) atoms. The van der Waals surface area contributed by atoms with Crippen molar-refractivity contribution in [3.8, 4) is 0 Å². The Morgan fingerprint density at radius 3 is 2.61 bits per heavy atom. The van der Waals surface area contributed by atoms with Gasteiger partial charge in [0.05, 0.1) is 16.9 Å². The second kappa shape index (κ2) is 8.96. The predicted octanol–water partition coefficient (Wildman–Crippen LogP) is 3.98. The standard InChI is InChI=1S/C19H20N6O2S/c1-3-20-18(27)24-16-9-15(23-13-7-5-4-6-8-13)14(10-21-16)17(26)25-19-22-12(2)11-28-19/h4-11H,3H2,1-2H3,(H,22,25,26)(H3,20,21,23,24,27). The molecule has 8 nitrogen and oxygen atoms in total. The summed E-state index contributed by atoms with van der Waals surface area (Å²) in [6.07, 6.45) is 1.42. The topological polar surface area (TPSA) is 108 Å². The molecule has 9 heteroatoms. The molecule has 0 atom stereocenters. The van der Waals surface area contributed by atoms with Crippen molar-refractivity contribution in [3.05, 3.63) is 59.2 Å². The van der Waals surface area contributed by atoms with Crippen molar-refractivity contribution < 1.29 is 9.59 Å². The van der Waals surface area contributed by atoms with E-state index in [9.17, 15) is 9.59 Å². The Morgan fingerprint density at radius 1 is 1.14 bits per heavy atom. The number of urea groups is 1. The molecule has 0 aliphatic heterocycles. The van der Waals surface area contributed by atoms with E-state index < -0.39 is 0 Å². The van der Waals surface area contributed by atoms with Gasteiger partial charge in [-0.3, -0.25) is 15.4 Å². The van der Waals surface area contributed by atoms with E-state index in [0.717, 1.165) is 11.4 Å². The van der Waals surface area contributed by atoms with Crippen LogP contribution in [0.3, 0.4) is 0 Å². The third-order valence-corrected chi connectivity index (χ3v) is 4.50. The van der Waals surface area contributed by atoms with Gasteiger partial charge >= 0.3 is 6.03 Å². The number of nitrogens with zero attached hydrogens (tertiary/aromatic N) is 2. The monoisotopic (exact) mass is 396 g/mol. The minimum atomic E-state index is -0.365. The van der Waals surface area contributed by atoms with Crippen LogP contribution in [0.5, 0.6) is 0 Å². The van der Waals surface area contributed by atoms with Crippen molar-refractivity contribution in [2.24, 2.45) is 0 Å². The van der Waals surface area contributed by atoms with Gasteiger partial charge in [0.2, 0.25) is 0 Å². The molecule has 0 saturated carbocycles. The van der Waals surface area contributed by atoms with Crippen molar-refractivity contribution in [3.63, 3.8) is 0 Å². The minimum Gasteiger partial charge on any atom is -0.355 e. The first-order chi connectivity index (χ1) is 13.5. The summed E-state index contributed by atoms with van der Waals surface area (Å²) in [5.41, 5.74) is 2.48. The van der Waals surface area contributed by atoms with Crippen LogP contribution >= 0.6 is 11.3 Å². The maximum atomic E-state index is 12.7. The van der Waals surface area contributed by atoms with E-state index in [4.69, 9.17) is 0 Å². The highest BCUT2D eigenvalue weighted by atomic mass is 32.1. The SMILES string of the molecule is CCNC(=O)Nc1cc(Nc2ccccc2)c(C(=O)Nc2nc(C)cs2)cn1. The number of para-hydroxylation sites is 1. The number of hydrogen-bond acceptors (Lipinski definition) is 6. The highest BCUT2D eigenvalue weighted by Gasteiger charge is 2.16. The van der Waals surface area contributed by atoms with Gasteiger partial charge in [0.15, 0.2) is 5.13 Å². The average Bonchev–Trinajstić information content (AvgIpc) is 3.07. The fraction of sp³-hybridized carbons (Fsp3) is 0.158. The minimum absolute atomic E-state index is 0.325. The number of hydrogen-bond donors (Lipinski definition) is 4.